The van der Waals surface area contributed by atoms with Crippen LogP contribution in [0.15, 0.2) is 121 Å². The molecule has 8 aromatic rings. The highest BCUT2D eigenvalue weighted by molar-refractivity contribution is 5.98. The van der Waals surface area contributed by atoms with E-state index in [-0.39, 0.29) is 64.7 Å². The summed E-state index contributed by atoms with van der Waals surface area (Å²) in [6.45, 7) is 29.4. The molecule has 0 aliphatic carbocycles. The molecule has 0 fully saturated rings. The maximum absolute atomic E-state index is 10.5. The lowest BCUT2D eigenvalue weighted by Crippen LogP contribution is -2.78. The van der Waals surface area contributed by atoms with Gasteiger partial charge in [0.15, 0.2) is 23.0 Å². The van der Waals surface area contributed by atoms with Gasteiger partial charge in [0, 0.05) is 27.3 Å². The number of benzene rings is 6. The molecule has 0 bridgehead atoms. The minimum Gasteiger partial charge on any atom is -0.392 e. The number of hydrogen-bond acceptors (Lipinski definition) is 1. The first-order valence-corrected chi connectivity index (χ1v) is 24.1. The van der Waals surface area contributed by atoms with E-state index in [9.17, 15) is 13.7 Å². The number of aromatic nitrogens is 3. The fourth-order valence-electron chi connectivity index (χ4n) is 10.8. The zero-order valence-corrected chi connectivity index (χ0v) is 42.3. The highest BCUT2D eigenvalue weighted by Gasteiger charge is 2.69. The average molecular weight is 906 g/mol. The summed E-state index contributed by atoms with van der Waals surface area (Å²) in [5.41, 5.74) is 11.8. The fourth-order valence-corrected chi connectivity index (χ4v) is 10.8. The Kier molecular flexibility index (Phi) is 7.58. The molecule has 3 aliphatic rings. The van der Waals surface area contributed by atoms with Crippen LogP contribution in [0, 0.1) is 6.92 Å². The van der Waals surface area contributed by atoms with E-state index in [1.807, 2.05) is 78.8 Å². The van der Waals surface area contributed by atoms with Crippen LogP contribution in [0.4, 0.5) is 0 Å². The van der Waals surface area contributed by atoms with Crippen molar-refractivity contribution < 1.29 is 27.6 Å². The molecule has 11 rings (SSSR count). The maximum atomic E-state index is 10.5. The fraction of sp³-hybridized carbons (Fsp3) is 0.344. The highest BCUT2D eigenvalue weighted by Crippen LogP contribution is 2.56. The molecule has 4 nitrogen and oxygen atoms in total. The van der Waals surface area contributed by atoms with Crippen LogP contribution >= 0.6 is 0 Å². The van der Waals surface area contributed by atoms with Crippen molar-refractivity contribution in [1.82, 2.24) is 4.57 Å². The molecular weight excluding hydrogens is 827 g/mol. The average Bonchev–Trinajstić information content (AvgIpc) is 4.06. The van der Waals surface area contributed by atoms with Gasteiger partial charge in [-0.2, -0.15) is 4.57 Å². The number of para-hydroxylation sites is 1. The van der Waals surface area contributed by atoms with Crippen LogP contribution in [0.25, 0.3) is 72.7 Å². The van der Waals surface area contributed by atoms with E-state index in [4.69, 9.17) is 4.74 Å². The van der Waals surface area contributed by atoms with Gasteiger partial charge in [0.25, 0.3) is 0 Å². The number of ether oxygens (including phenoxy) is 1. The first-order chi connectivity index (χ1) is 36.0. The summed E-state index contributed by atoms with van der Waals surface area (Å²) in [5, 5.41) is 0. The Balaban J connectivity index is 1.34. The van der Waals surface area contributed by atoms with Gasteiger partial charge < -0.3 is 4.74 Å². The molecule has 1 unspecified atom stereocenters. The lowest BCUT2D eigenvalue weighted by Gasteiger charge is -2.34. The van der Waals surface area contributed by atoms with Crippen LogP contribution in [0.2, 0.25) is 0 Å². The number of rotatable bonds is 7. The third-order valence-electron chi connectivity index (χ3n) is 14.4. The summed E-state index contributed by atoms with van der Waals surface area (Å²) in [6, 6.07) is 25.0. The number of nitrogens with zero attached hydrogens (tertiary/aromatic N) is 3. The lowest BCUT2D eigenvalue weighted by molar-refractivity contribution is -0.997. The number of fused-ring (bicyclic) bond motifs is 5. The lowest BCUT2D eigenvalue weighted by atomic mass is 9.80. The van der Waals surface area contributed by atoms with Crippen molar-refractivity contribution in [1.29, 1.82) is 0 Å². The number of pyridine rings is 1. The normalized spacial score (nSPS) is 18.2. The molecule has 0 N–H and O–H groups in total. The summed E-state index contributed by atoms with van der Waals surface area (Å²) < 4.78 is 111. The third kappa shape index (κ3) is 6.31. The van der Waals surface area contributed by atoms with Gasteiger partial charge in [0.2, 0.25) is 5.69 Å². The SMILES string of the molecule is [2H]c1c([2H])c(C(C)(C)C)c([2H])c([2H])c1-c1c([2H])c([2H])[n+]2c(c1[2H])-c1cc(C(C)(C)C)cc3c1C21Oc2c(cc(C([2H])(C)C)cc2C([2H])(C)C)-c2n(-c4ccc(-c5c(C(C)C)cccc5C([2H])(C)C)cc4C)c4cccc-3c4[n+]21. The van der Waals surface area contributed by atoms with Gasteiger partial charge in [0.1, 0.15) is 18.2 Å². The molecule has 2 aromatic heterocycles. The zero-order chi connectivity index (χ0) is 57.0. The highest BCUT2D eigenvalue weighted by atomic mass is 16.5. The van der Waals surface area contributed by atoms with Gasteiger partial charge >= 0.3 is 11.7 Å². The predicted molar refractivity (Wildman–Crippen MR) is 282 cm³/mol. The van der Waals surface area contributed by atoms with Crippen molar-refractivity contribution >= 4 is 11.0 Å². The molecule has 1 spiro atoms. The largest absolute Gasteiger partial charge is 0.499 e. The second-order valence-corrected chi connectivity index (χ2v) is 22.3. The van der Waals surface area contributed by atoms with Gasteiger partial charge in [-0.15, -0.1) is 9.13 Å². The number of hydrogen-bond donors (Lipinski definition) is 0. The molecule has 0 amide bonds. The van der Waals surface area contributed by atoms with Crippen LogP contribution in [0.1, 0.15) is 179 Å². The van der Waals surface area contributed by atoms with E-state index in [1.54, 1.807) is 18.4 Å². The van der Waals surface area contributed by atoms with Crippen LogP contribution < -0.4 is 13.9 Å². The Hall–Kier alpha value is -6.26. The molecule has 0 saturated heterocycles. The molecule has 68 heavy (non-hydrogen) atoms. The number of imidazole rings is 1. The van der Waals surface area contributed by atoms with Crippen molar-refractivity contribution in [3.05, 3.63) is 166 Å². The van der Waals surface area contributed by atoms with E-state index in [0.29, 0.717) is 39.4 Å². The molecule has 3 aliphatic heterocycles. The molecular formula is C64H69N3O+2. The van der Waals surface area contributed by atoms with Crippen LogP contribution in [-0.2, 0) is 16.7 Å². The van der Waals surface area contributed by atoms with E-state index in [2.05, 4.69) is 99.2 Å². The van der Waals surface area contributed by atoms with Gasteiger partial charge in [-0.3, -0.25) is 0 Å². The summed E-state index contributed by atoms with van der Waals surface area (Å²) in [4.78, 5) is 0. The Bertz CT molecular complexity index is 3960. The van der Waals surface area contributed by atoms with Gasteiger partial charge in [-0.25, -0.2) is 0 Å². The van der Waals surface area contributed by atoms with E-state index >= 15 is 0 Å². The van der Waals surface area contributed by atoms with Crippen molar-refractivity contribution in [3.63, 3.8) is 0 Å². The second-order valence-electron chi connectivity index (χ2n) is 22.3. The quantitative estimate of drug-likeness (QED) is 0.146. The second kappa shape index (κ2) is 15.1. The molecule has 5 heterocycles. The van der Waals surface area contributed by atoms with Crippen molar-refractivity contribution in [2.75, 3.05) is 0 Å². The minimum absolute atomic E-state index is 0.183. The molecule has 0 saturated carbocycles. The molecule has 4 heteroatoms. The van der Waals surface area contributed by atoms with Gasteiger partial charge in [0.05, 0.1) is 13.8 Å². The minimum atomic E-state index is -1.86. The van der Waals surface area contributed by atoms with Crippen LogP contribution in [0.3, 0.4) is 0 Å². The monoisotopic (exact) mass is 906 g/mol. The Morgan fingerprint density at radius 2 is 1.31 bits per heavy atom. The van der Waals surface area contributed by atoms with Gasteiger partial charge in [-0.05, 0) is 145 Å². The van der Waals surface area contributed by atoms with E-state index in [1.165, 1.54) is 0 Å². The van der Waals surface area contributed by atoms with Crippen molar-refractivity contribution in [2.24, 2.45) is 0 Å². The van der Waals surface area contributed by atoms with Gasteiger partial charge in [-0.1, -0.05) is 158 Å². The topological polar surface area (TPSA) is 21.9 Å². The van der Waals surface area contributed by atoms with Crippen LogP contribution in [0.5, 0.6) is 5.75 Å². The molecule has 0 radical (unpaired) electrons. The first-order valence-electron chi connectivity index (χ1n) is 29.1. The Morgan fingerprint density at radius 1 is 0.632 bits per heavy atom. The smallest absolute Gasteiger partial charge is 0.392 e. The summed E-state index contributed by atoms with van der Waals surface area (Å²) in [6.07, 6.45) is -0.373. The predicted octanol–water partition coefficient (Wildman–Crippen LogP) is 16.2. The standard InChI is InChI=1S/C64H69N3O/c1-36(2)44-31-50(39(7)8)60-53(32-44)61-66(54-27-24-43(30-40(54)9)57-47(37(3)4)18-16-19-48(57)38(5)6)55-21-17-20-49-51-34-46(63(13,14)15)35-52-56-33-42(41-22-25-45(26-23-41)62(10,11)12)28-29-65(56)64(68-60,58(51)52)67(61)59(49)55/h16-39H,1-15H3/q+2/i22D,23D,25D,26D,28D,29D,33D,36D,37D,39D. The van der Waals surface area contributed by atoms with Crippen molar-refractivity contribution in [2.45, 2.75) is 144 Å². The summed E-state index contributed by atoms with van der Waals surface area (Å²) in [5.74, 6) is -3.99. The zero-order valence-electron chi connectivity index (χ0n) is 52.3. The summed E-state index contributed by atoms with van der Waals surface area (Å²) >= 11 is 0. The summed E-state index contributed by atoms with van der Waals surface area (Å²) in [7, 11) is 0. The third-order valence-corrected chi connectivity index (χ3v) is 14.4. The molecule has 6 aromatic carbocycles. The Labute approximate surface area is 419 Å². The van der Waals surface area contributed by atoms with E-state index in [0.717, 1.165) is 61.2 Å². The maximum Gasteiger partial charge on any atom is 0.499 e. The van der Waals surface area contributed by atoms with Crippen LogP contribution in [-0.4, -0.2) is 4.57 Å². The Morgan fingerprint density at radius 3 is 1.96 bits per heavy atom. The molecule has 1 atom stereocenters. The van der Waals surface area contributed by atoms with Crippen molar-refractivity contribution in [3.8, 4) is 67.5 Å². The first kappa shape index (κ1) is 34.1. The molecule has 344 valence electrons. The van der Waals surface area contributed by atoms with E-state index < -0.39 is 40.4 Å². The number of aryl methyl sites for hydroxylation is 1.